The molecule has 0 spiro atoms. The smallest absolute Gasteiger partial charge is 0.217 e. The van der Waals surface area contributed by atoms with Crippen molar-refractivity contribution in [2.75, 3.05) is 13.7 Å². The Morgan fingerprint density at radius 2 is 2.32 bits per heavy atom. The first-order chi connectivity index (χ1) is 9.19. The summed E-state index contributed by atoms with van der Waals surface area (Å²) in [5.41, 5.74) is 7.93. The maximum Gasteiger partial charge on any atom is 0.217 e. The van der Waals surface area contributed by atoms with Gasteiger partial charge in [-0.2, -0.15) is 0 Å². The first kappa shape index (κ1) is 13.9. The summed E-state index contributed by atoms with van der Waals surface area (Å²) in [7, 11) is 1.70. The van der Waals surface area contributed by atoms with Crippen LogP contribution in [0, 0.1) is 0 Å². The average Bonchev–Trinajstić information content (AvgIpc) is 2.42. The number of carbonyl (C=O) groups excluding carboxylic acids is 1. The fourth-order valence-electron chi connectivity index (χ4n) is 2.60. The zero-order valence-electron chi connectivity index (χ0n) is 11.4. The highest BCUT2D eigenvalue weighted by Crippen LogP contribution is 2.25. The van der Waals surface area contributed by atoms with Gasteiger partial charge in [0.1, 0.15) is 5.75 Å². The molecule has 2 rings (SSSR count). The van der Waals surface area contributed by atoms with E-state index in [1.807, 2.05) is 6.07 Å². The molecule has 0 radical (unpaired) electrons. The normalized spacial score (nSPS) is 17.8. The van der Waals surface area contributed by atoms with Crippen molar-refractivity contribution in [1.82, 2.24) is 5.32 Å². The molecule has 0 bridgehead atoms. The van der Waals surface area contributed by atoms with Crippen LogP contribution in [0.15, 0.2) is 18.2 Å². The highest BCUT2D eigenvalue weighted by molar-refractivity contribution is 5.73. The number of nitrogens with two attached hydrogens (primary N) is 1. The molecule has 1 aromatic carbocycles. The number of hydrogen-bond donors (Lipinski definition) is 2. The highest BCUT2D eigenvalue weighted by Gasteiger charge is 2.18. The second-order valence-electron chi connectivity index (χ2n) is 5.10. The number of carbonyl (C=O) groups is 1. The minimum absolute atomic E-state index is 0.222. The maximum absolute atomic E-state index is 10.7. The van der Waals surface area contributed by atoms with Crippen LogP contribution in [-0.4, -0.2) is 25.6 Å². The lowest BCUT2D eigenvalue weighted by Crippen LogP contribution is -2.35. The number of benzene rings is 1. The molecule has 0 saturated carbocycles. The Kier molecular flexibility index (Phi) is 4.80. The van der Waals surface area contributed by atoms with Crippen LogP contribution in [0.2, 0.25) is 0 Å². The van der Waals surface area contributed by atoms with Gasteiger partial charge in [0.2, 0.25) is 5.91 Å². The molecule has 0 fully saturated rings. The molecule has 1 amide bonds. The van der Waals surface area contributed by atoms with Crippen molar-refractivity contribution in [3.63, 3.8) is 0 Å². The SMILES string of the molecule is COc1ccc2c(c1)CC(NCCCC(N)=O)CC2. The van der Waals surface area contributed by atoms with Crippen LogP contribution in [0.5, 0.6) is 5.75 Å². The van der Waals surface area contributed by atoms with Gasteiger partial charge in [0, 0.05) is 12.5 Å². The summed E-state index contributed by atoms with van der Waals surface area (Å²) in [6, 6.07) is 6.82. The molecule has 104 valence electrons. The molecule has 19 heavy (non-hydrogen) atoms. The second kappa shape index (κ2) is 6.57. The van der Waals surface area contributed by atoms with Crippen molar-refractivity contribution in [2.24, 2.45) is 5.73 Å². The number of hydrogen-bond acceptors (Lipinski definition) is 3. The Balaban J connectivity index is 1.85. The molecule has 0 aliphatic heterocycles. The number of fused-ring (bicyclic) bond motifs is 1. The van der Waals surface area contributed by atoms with E-state index in [0.717, 1.165) is 38.0 Å². The minimum Gasteiger partial charge on any atom is -0.497 e. The standard InChI is InChI=1S/C15H22N2O2/c1-19-14-7-5-11-4-6-13(9-12(11)10-14)17-8-2-3-15(16)18/h5,7,10,13,17H,2-4,6,8-9H2,1H3,(H2,16,18). The van der Waals surface area contributed by atoms with Crippen molar-refractivity contribution in [1.29, 1.82) is 0 Å². The van der Waals surface area contributed by atoms with E-state index >= 15 is 0 Å². The van der Waals surface area contributed by atoms with E-state index in [0.29, 0.717) is 12.5 Å². The lowest BCUT2D eigenvalue weighted by molar-refractivity contribution is -0.118. The molecule has 3 N–H and O–H groups in total. The van der Waals surface area contributed by atoms with Gasteiger partial charge in [-0.25, -0.2) is 0 Å². The van der Waals surface area contributed by atoms with Crippen molar-refractivity contribution in [3.8, 4) is 5.75 Å². The molecule has 0 aromatic heterocycles. The Hall–Kier alpha value is -1.55. The van der Waals surface area contributed by atoms with Gasteiger partial charge < -0.3 is 15.8 Å². The zero-order chi connectivity index (χ0) is 13.7. The predicted octanol–water partition coefficient (Wildman–Crippen LogP) is 1.41. The number of ether oxygens (including phenoxy) is 1. The average molecular weight is 262 g/mol. The van der Waals surface area contributed by atoms with Gasteiger partial charge in [-0.3, -0.25) is 4.79 Å². The molecular weight excluding hydrogens is 240 g/mol. The Morgan fingerprint density at radius 1 is 1.47 bits per heavy atom. The summed E-state index contributed by atoms with van der Waals surface area (Å²) in [5, 5.41) is 3.51. The highest BCUT2D eigenvalue weighted by atomic mass is 16.5. The Bertz CT molecular complexity index is 446. The lowest BCUT2D eigenvalue weighted by Gasteiger charge is -2.26. The third-order valence-electron chi connectivity index (χ3n) is 3.67. The summed E-state index contributed by atoms with van der Waals surface area (Å²) in [4.78, 5) is 10.7. The number of nitrogens with one attached hydrogen (secondary N) is 1. The molecule has 1 aliphatic rings. The molecule has 1 aromatic rings. The van der Waals surface area contributed by atoms with E-state index < -0.39 is 0 Å². The molecular formula is C15H22N2O2. The van der Waals surface area contributed by atoms with Crippen LogP contribution in [0.4, 0.5) is 0 Å². The van der Waals surface area contributed by atoms with Crippen molar-refractivity contribution in [3.05, 3.63) is 29.3 Å². The van der Waals surface area contributed by atoms with E-state index in [2.05, 4.69) is 17.4 Å². The molecule has 1 atom stereocenters. The van der Waals surface area contributed by atoms with Crippen molar-refractivity contribution < 1.29 is 9.53 Å². The number of methoxy groups -OCH3 is 1. The monoisotopic (exact) mass is 262 g/mol. The fourth-order valence-corrected chi connectivity index (χ4v) is 2.60. The largest absolute Gasteiger partial charge is 0.497 e. The van der Waals surface area contributed by atoms with E-state index in [9.17, 15) is 4.79 Å². The maximum atomic E-state index is 10.7. The second-order valence-corrected chi connectivity index (χ2v) is 5.10. The molecule has 1 aliphatic carbocycles. The Morgan fingerprint density at radius 3 is 3.05 bits per heavy atom. The predicted molar refractivity (Wildman–Crippen MR) is 75.2 cm³/mol. The number of aryl methyl sites for hydroxylation is 1. The van der Waals surface area contributed by atoms with E-state index in [1.165, 1.54) is 11.1 Å². The summed E-state index contributed by atoms with van der Waals surface area (Å²) < 4.78 is 5.27. The van der Waals surface area contributed by atoms with Crippen LogP contribution < -0.4 is 15.8 Å². The summed E-state index contributed by atoms with van der Waals surface area (Å²) in [6.45, 7) is 0.854. The van der Waals surface area contributed by atoms with Gasteiger partial charge in [0.15, 0.2) is 0 Å². The van der Waals surface area contributed by atoms with Crippen LogP contribution in [-0.2, 0) is 17.6 Å². The quantitative estimate of drug-likeness (QED) is 0.762. The number of primary amides is 1. The van der Waals surface area contributed by atoms with Gasteiger partial charge >= 0.3 is 0 Å². The third-order valence-corrected chi connectivity index (χ3v) is 3.67. The number of amides is 1. The number of rotatable bonds is 6. The zero-order valence-corrected chi connectivity index (χ0v) is 11.4. The first-order valence-electron chi connectivity index (χ1n) is 6.86. The molecule has 1 unspecified atom stereocenters. The van der Waals surface area contributed by atoms with Crippen LogP contribution in [0.3, 0.4) is 0 Å². The fraction of sp³-hybridized carbons (Fsp3) is 0.533. The Labute approximate surface area is 114 Å². The van der Waals surface area contributed by atoms with Gasteiger partial charge in [0.05, 0.1) is 7.11 Å². The van der Waals surface area contributed by atoms with Crippen LogP contribution in [0.1, 0.15) is 30.4 Å². The molecule has 0 saturated heterocycles. The molecule has 4 nitrogen and oxygen atoms in total. The van der Waals surface area contributed by atoms with Crippen molar-refractivity contribution >= 4 is 5.91 Å². The van der Waals surface area contributed by atoms with Crippen molar-refractivity contribution in [2.45, 2.75) is 38.1 Å². The van der Waals surface area contributed by atoms with E-state index in [4.69, 9.17) is 10.5 Å². The summed E-state index contributed by atoms with van der Waals surface area (Å²) in [6.07, 6.45) is 4.56. The summed E-state index contributed by atoms with van der Waals surface area (Å²) in [5.74, 6) is 0.702. The first-order valence-corrected chi connectivity index (χ1v) is 6.86. The van der Waals surface area contributed by atoms with Crippen LogP contribution >= 0.6 is 0 Å². The lowest BCUT2D eigenvalue weighted by atomic mass is 9.88. The topological polar surface area (TPSA) is 64.3 Å². The molecule has 4 heteroatoms. The van der Waals surface area contributed by atoms with Gasteiger partial charge in [-0.15, -0.1) is 0 Å². The third kappa shape index (κ3) is 3.96. The van der Waals surface area contributed by atoms with Gasteiger partial charge in [-0.1, -0.05) is 6.07 Å². The van der Waals surface area contributed by atoms with Crippen LogP contribution in [0.25, 0.3) is 0 Å². The van der Waals surface area contributed by atoms with E-state index in [-0.39, 0.29) is 5.91 Å². The van der Waals surface area contributed by atoms with Gasteiger partial charge in [0.25, 0.3) is 0 Å². The van der Waals surface area contributed by atoms with Gasteiger partial charge in [-0.05, 0) is 55.5 Å². The molecule has 0 heterocycles. The minimum atomic E-state index is -0.222. The van der Waals surface area contributed by atoms with E-state index in [1.54, 1.807) is 7.11 Å². The summed E-state index contributed by atoms with van der Waals surface area (Å²) >= 11 is 0.